The van der Waals surface area contributed by atoms with Gasteiger partial charge in [0.15, 0.2) is 11.5 Å². The summed E-state index contributed by atoms with van der Waals surface area (Å²) in [5, 5.41) is 2.75. The van der Waals surface area contributed by atoms with Gasteiger partial charge in [0.05, 0.1) is 26.2 Å². The van der Waals surface area contributed by atoms with E-state index >= 15 is 0 Å². The second kappa shape index (κ2) is 12.4. The molecule has 35 heavy (non-hydrogen) atoms. The van der Waals surface area contributed by atoms with Gasteiger partial charge in [0.1, 0.15) is 18.4 Å². The smallest absolute Gasteiger partial charge is 0.244 e. The number of nitrogens with one attached hydrogen (secondary N) is 1. The van der Waals surface area contributed by atoms with E-state index in [1.165, 1.54) is 61.6 Å². The topological polar surface area (TPSA) is 105 Å². The number of carbonyl (C=O) groups excluding carboxylic acids is 2. The van der Waals surface area contributed by atoms with E-state index in [0.29, 0.717) is 30.0 Å². The van der Waals surface area contributed by atoms with Crippen LogP contribution < -0.4 is 19.1 Å². The van der Waals surface area contributed by atoms with Crippen molar-refractivity contribution in [2.45, 2.75) is 32.9 Å². The molecule has 0 aliphatic rings. The lowest BCUT2D eigenvalue weighted by atomic mass is 10.1. The number of carbonyl (C=O) groups is 2. The summed E-state index contributed by atoms with van der Waals surface area (Å²) in [7, 11) is -1.02. The summed E-state index contributed by atoms with van der Waals surface area (Å²) in [6, 6.07) is 9.12. The van der Waals surface area contributed by atoms with E-state index in [0.717, 1.165) is 10.6 Å². The Bertz CT molecular complexity index is 1120. The molecule has 2 amide bonds. The van der Waals surface area contributed by atoms with Crippen molar-refractivity contribution >= 4 is 27.5 Å². The highest BCUT2D eigenvalue weighted by molar-refractivity contribution is 7.92. The van der Waals surface area contributed by atoms with Crippen LogP contribution in [0.5, 0.6) is 11.5 Å². The molecule has 1 atom stereocenters. The fourth-order valence-electron chi connectivity index (χ4n) is 3.36. The van der Waals surface area contributed by atoms with Crippen LogP contribution in [0.1, 0.15) is 25.8 Å². The molecule has 0 aromatic heterocycles. The number of hydrogen-bond acceptors (Lipinski definition) is 6. The highest BCUT2D eigenvalue weighted by atomic mass is 32.2. The zero-order valence-electron chi connectivity index (χ0n) is 20.6. The van der Waals surface area contributed by atoms with Gasteiger partial charge in [-0.15, -0.1) is 0 Å². The highest BCUT2D eigenvalue weighted by Crippen LogP contribution is 2.32. The van der Waals surface area contributed by atoms with Crippen LogP contribution in [0.15, 0.2) is 42.5 Å². The third-order valence-electron chi connectivity index (χ3n) is 5.32. The monoisotopic (exact) mass is 509 g/mol. The Hall–Kier alpha value is -3.34. The molecule has 192 valence electrons. The van der Waals surface area contributed by atoms with Gasteiger partial charge in [0.25, 0.3) is 0 Å². The zero-order valence-corrected chi connectivity index (χ0v) is 21.4. The average Bonchev–Trinajstić information content (AvgIpc) is 2.83. The zero-order chi connectivity index (χ0) is 26.2. The number of sulfonamides is 1. The summed E-state index contributed by atoms with van der Waals surface area (Å²) < 4.78 is 50.1. The van der Waals surface area contributed by atoms with Crippen molar-refractivity contribution in [2.75, 3.05) is 37.9 Å². The van der Waals surface area contributed by atoms with Gasteiger partial charge in [-0.1, -0.05) is 19.1 Å². The first-order valence-corrected chi connectivity index (χ1v) is 12.9. The molecule has 0 saturated heterocycles. The van der Waals surface area contributed by atoms with Crippen molar-refractivity contribution in [1.29, 1.82) is 0 Å². The fourth-order valence-corrected chi connectivity index (χ4v) is 4.20. The minimum atomic E-state index is -3.89. The lowest BCUT2D eigenvalue weighted by Gasteiger charge is -2.31. The van der Waals surface area contributed by atoms with Crippen LogP contribution in [0, 0.1) is 5.82 Å². The number of rotatable bonds is 12. The largest absolute Gasteiger partial charge is 0.493 e. The standard InChI is InChI=1S/C24H32FN3O6S/c1-6-13-26-24(30)17(2)27(15-18-7-9-19(25)10-8-18)23(29)16-28(35(5,31)32)20-11-12-21(33-3)22(14-20)34-4/h7-12,14,17H,6,13,15-16H2,1-5H3,(H,26,30)/t17-/m1/s1. The molecule has 2 aromatic rings. The van der Waals surface area contributed by atoms with Crippen LogP contribution in [0.4, 0.5) is 10.1 Å². The molecule has 9 nitrogen and oxygen atoms in total. The van der Waals surface area contributed by atoms with Crippen LogP contribution in [0.3, 0.4) is 0 Å². The number of amides is 2. The number of halogens is 1. The number of ether oxygens (including phenoxy) is 2. The SMILES string of the molecule is CCCNC(=O)[C@@H](C)N(Cc1ccc(F)cc1)C(=O)CN(c1ccc(OC)c(OC)c1)S(C)(=O)=O. The van der Waals surface area contributed by atoms with Gasteiger partial charge >= 0.3 is 0 Å². The predicted molar refractivity (Wildman–Crippen MR) is 131 cm³/mol. The van der Waals surface area contributed by atoms with Crippen LogP contribution in [0.25, 0.3) is 0 Å². The van der Waals surface area contributed by atoms with Crippen molar-refractivity contribution in [3.63, 3.8) is 0 Å². The van der Waals surface area contributed by atoms with E-state index in [-0.39, 0.29) is 18.1 Å². The van der Waals surface area contributed by atoms with Crippen molar-refractivity contribution in [2.24, 2.45) is 0 Å². The van der Waals surface area contributed by atoms with Crippen molar-refractivity contribution < 1.29 is 31.9 Å². The molecule has 0 heterocycles. The van der Waals surface area contributed by atoms with Crippen molar-refractivity contribution in [3.05, 3.63) is 53.8 Å². The lowest BCUT2D eigenvalue weighted by molar-refractivity contribution is -0.139. The Kier molecular flexibility index (Phi) is 9.88. The minimum Gasteiger partial charge on any atom is -0.493 e. The van der Waals surface area contributed by atoms with Gasteiger partial charge in [0, 0.05) is 19.2 Å². The second-order valence-electron chi connectivity index (χ2n) is 7.92. The number of methoxy groups -OCH3 is 2. The van der Waals surface area contributed by atoms with Gasteiger partial charge in [-0.3, -0.25) is 13.9 Å². The molecule has 0 spiro atoms. The Morgan fingerprint density at radius 3 is 2.23 bits per heavy atom. The second-order valence-corrected chi connectivity index (χ2v) is 9.83. The Morgan fingerprint density at radius 1 is 1.06 bits per heavy atom. The van der Waals surface area contributed by atoms with Crippen molar-refractivity contribution in [1.82, 2.24) is 10.2 Å². The van der Waals surface area contributed by atoms with Crippen LogP contribution in [0.2, 0.25) is 0 Å². The molecular weight excluding hydrogens is 477 g/mol. The molecule has 1 N–H and O–H groups in total. The molecule has 2 rings (SSSR count). The number of nitrogens with zero attached hydrogens (tertiary/aromatic N) is 2. The Balaban J connectivity index is 2.41. The molecule has 0 unspecified atom stereocenters. The number of hydrogen-bond donors (Lipinski definition) is 1. The number of anilines is 1. The molecule has 2 aromatic carbocycles. The average molecular weight is 510 g/mol. The predicted octanol–water partition coefficient (Wildman–Crippen LogP) is 2.55. The molecule has 0 fully saturated rings. The summed E-state index contributed by atoms with van der Waals surface area (Å²) in [6.07, 6.45) is 1.70. The third kappa shape index (κ3) is 7.57. The molecule has 0 aliphatic carbocycles. The fraction of sp³-hybridized carbons (Fsp3) is 0.417. The maximum absolute atomic E-state index is 13.5. The van der Waals surface area contributed by atoms with E-state index in [1.54, 1.807) is 6.92 Å². The summed E-state index contributed by atoms with van der Waals surface area (Å²) >= 11 is 0. The maximum Gasteiger partial charge on any atom is 0.244 e. The van der Waals surface area contributed by atoms with Crippen LogP contribution in [-0.2, 0) is 26.2 Å². The maximum atomic E-state index is 13.5. The Morgan fingerprint density at radius 2 is 1.69 bits per heavy atom. The first-order chi connectivity index (χ1) is 16.5. The van der Waals surface area contributed by atoms with Crippen LogP contribution >= 0.6 is 0 Å². The first kappa shape index (κ1) is 27.9. The van der Waals surface area contributed by atoms with Gasteiger partial charge in [0.2, 0.25) is 21.8 Å². The Labute approximate surface area is 205 Å². The van der Waals surface area contributed by atoms with Gasteiger partial charge in [-0.2, -0.15) is 0 Å². The summed E-state index contributed by atoms with van der Waals surface area (Å²) in [5.74, 6) is -0.721. The highest BCUT2D eigenvalue weighted by Gasteiger charge is 2.30. The normalized spacial score (nSPS) is 11.9. The summed E-state index contributed by atoms with van der Waals surface area (Å²) in [4.78, 5) is 27.4. The lowest BCUT2D eigenvalue weighted by Crippen LogP contribution is -2.51. The number of benzene rings is 2. The molecule has 0 radical (unpaired) electrons. The summed E-state index contributed by atoms with van der Waals surface area (Å²) in [5.41, 5.74) is 0.787. The quantitative estimate of drug-likeness (QED) is 0.472. The third-order valence-corrected chi connectivity index (χ3v) is 6.46. The van der Waals surface area contributed by atoms with Crippen molar-refractivity contribution in [3.8, 4) is 11.5 Å². The first-order valence-electron chi connectivity index (χ1n) is 11.0. The van der Waals surface area contributed by atoms with Gasteiger partial charge in [-0.05, 0) is 43.2 Å². The van der Waals surface area contributed by atoms with E-state index in [4.69, 9.17) is 9.47 Å². The van der Waals surface area contributed by atoms with E-state index in [1.807, 2.05) is 6.92 Å². The molecule has 11 heteroatoms. The molecule has 0 bridgehead atoms. The van der Waals surface area contributed by atoms with Gasteiger partial charge < -0.3 is 19.7 Å². The molecular formula is C24H32FN3O6S. The van der Waals surface area contributed by atoms with E-state index in [9.17, 15) is 22.4 Å². The van der Waals surface area contributed by atoms with Crippen LogP contribution in [-0.4, -0.2) is 64.7 Å². The van der Waals surface area contributed by atoms with E-state index < -0.39 is 34.3 Å². The summed E-state index contributed by atoms with van der Waals surface area (Å²) in [6.45, 7) is 3.33. The molecule has 0 saturated carbocycles. The minimum absolute atomic E-state index is 0.0106. The van der Waals surface area contributed by atoms with Gasteiger partial charge in [-0.25, -0.2) is 12.8 Å². The van der Waals surface area contributed by atoms with E-state index in [2.05, 4.69) is 5.32 Å². The molecule has 0 aliphatic heterocycles.